The van der Waals surface area contributed by atoms with Gasteiger partial charge in [-0.15, -0.1) is 0 Å². The van der Waals surface area contributed by atoms with Gasteiger partial charge in [-0.1, -0.05) is 0 Å². The summed E-state index contributed by atoms with van der Waals surface area (Å²) in [5.41, 5.74) is 0.468. The first kappa shape index (κ1) is 13.8. The van der Waals surface area contributed by atoms with Gasteiger partial charge in [0.15, 0.2) is 0 Å². The molecule has 1 saturated carbocycles. The highest BCUT2D eigenvalue weighted by atomic mass is 16.6. The van der Waals surface area contributed by atoms with Gasteiger partial charge in [0, 0.05) is 38.3 Å². The van der Waals surface area contributed by atoms with E-state index < -0.39 is 10.9 Å². The second-order valence-corrected chi connectivity index (χ2v) is 5.52. The lowest BCUT2D eigenvalue weighted by Gasteiger charge is -2.35. The topological polar surface area (TPSA) is 86.9 Å². The zero-order valence-electron chi connectivity index (χ0n) is 11.6. The van der Waals surface area contributed by atoms with Crippen LogP contribution in [0.2, 0.25) is 0 Å². The van der Waals surface area contributed by atoms with E-state index in [9.17, 15) is 14.9 Å². The van der Waals surface area contributed by atoms with Crippen molar-refractivity contribution in [1.82, 2.24) is 4.90 Å². The highest BCUT2D eigenvalue weighted by molar-refractivity contribution is 5.90. The predicted octanol–water partition coefficient (Wildman–Crippen LogP) is 1.58. The van der Waals surface area contributed by atoms with Crippen molar-refractivity contribution in [3.63, 3.8) is 0 Å². The lowest BCUT2D eigenvalue weighted by molar-refractivity contribution is -0.384. The molecule has 0 radical (unpaired) electrons. The molecule has 0 aromatic heterocycles. The van der Waals surface area contributed by atoms with Gasteiger partial charge >= 0.3 is 5.97 Å². The Morgan fingerprint density at radius 1 is 1.24 bits per heavy atom. The number of anilines is 1. The molecule has 0 atom stereocenters. The van der Waals surface area contributed by atoms with E-state index in [4.69, 9.17) is 5.11 Å². The number of hydrogen-bond donors (Lipinski definition) is 1. The van der Waals surface area contributed by atoms with Gasteiger partial charge in [-0.2, -0.15) is 0 Å². The fraction of sp³-hybridized carbons (Fsp3) is 0.500. The minimum atomic E-state index is -1.07. The van der Waals surface area contributed by atoms with Crippen molar-refractivity contribution in [3.05, 3.63) is 33.9 Å². The maximum absolute atomic E-state index is 11.1. The van der Waals surface area contributed by atoms with Crippen LogP contribution in [-0.4, -0.2) is 53.1 Å². The SMILES string of the molecule is O=C(O)c1ccc([N+](=O)[O-])c(N2CCN(C3CC3)CC2)c1. The average Bonchev–Trinajstić information content (AvgIpc) is 3.31. The minimum absolute atomic E-state index is 0.0279. The van der Waals surface area contributed by atoms with Gasteiger partial charge in [0.25, 0.3) is 5.69 Å². The van der Waals surface area contributed by atoms with Crippen LogP contribution in [0.4, 0.5) is 11.4 Å². The summed E-state index contributed by atoms with van der Waals surface area (Å²) >= 11 is 0. The van der Waals surface area contributed by atoms with E-state index in [-0.39, 0.29) is 11.3 Å². The zero-order valence-corrected chi connectivity index (χ0v) is 11.6. The molecule has 0 spiro atoms. The van der Waals surface area contributed by atoms with E-state index in [1.807, 2.05) is 4.90 Å². The molecule has 21 heavy (non-hydrogen) atoms. The standard InChI is InChI=1S/C14H17N3O4/c18-14(19)10-1-4-12(17(20)21)13(9-10)16-7-5-15(6-8-16)11-2-3-11/h1,4,9,11H,2-3,5-8H2,(H,18,19). The predicted molar refractivity (Wildman–Crippen MR) is 76.9 cm³/mol. The molecule has 2 fully saturated rings. The fourth-order valence-corrected chi connectivity index (χ4v) is 2.83. The average molecular weight is 291 g/mol. The van der Waals surface area contributed by atoms with Crippen molar-refractivity contribution >= 4 is 17.3 Å². The van der Waals surface area contributed by atoms with E-state index in [2.05, 4.69) is 4.90 Å². The molecule has 2 aliphatic rings. The van der Waals surface area contributed by atoms with Crippen LogP contribution in [0.3, 0.4) is 0 Å². The molecule has 0 unspecified atom stereocenters. The van der Waals surface area contributed by atoms with Crippen LogP contribution in [-0.2, 0) is 0 Å². The molecule has 1 saturated heterocycles. The maximum atomic E-state index is 11.1. The van der Waals surface area contributed by atoms with Gasteiger partial charge in [-0.25, -0.2) is 4.79 Å². The normalized spacial score (nSPS) is 19.5. The summed E-state index contributed by atoms with van der Waals surface area (Å²) in [4.78, 5) is 26.1. The van der Waals surface area contributed by atoms with Gasteiger partial charge in [0.2, 0.25) is 0 Å². The summed E-state index contributed by atoms with van der Waals surface area (Å²) in [7, 11) is 0. The molecule has 7 nitrogen and oxygen atoms in total. The third-order valence-corrected chi connectivity index (χ3v) is 4.14. The Morgan fingerprint density at radius 3 is 2.43 bits per heavy atom. The number of hydrogen-bond acceptors (Lipinski definition) is 5. The van der Waals surface area contributed by atoms with Crippen LogP contribution in [0.25, 0.3) is 0 Å². The smallest absolute Gasteiger partial charge is 0.335 e. The van der Waals surface area contributed by atoms with Crippen LogP contribution < -0.4 is 4.90 Å². The second-order valence-electron chi connectivity index (χ2n) is 5.52. The number of piperazine rings is 1. The van der Waals surface area contributed by atoms with E-state index in [0.29, 0.717) is 24.8 Å². The van der Waals surface area contributed by atoms with E-state index in [1.165, 1.54) is 31.0 Å². The summed E-state index contributed by atoms with van der Waals surface area (Å²) in [6, 6.07) is 4.66. The molecule has 0 bridgehead atoms. The van der Waals surface area contributed by atoms with Crippen molar-refractivity contribution in [2.75, 3.05) is 31.1 Å². The lowest BCUT2D eigenvalue weighted by Crippen LogP contribution is -2.47. The van der Waals surface area contributed by atoms with Crippen LogP contribution in [0.15, 0.2) is 18.2 Å². The van der Waals surface area contributed by atoms with Crippen molar-refractivity contribution < 1.29 is 14.8 Å². The highest BCUT2D eigenvalue weighted by Gasteiger charge is 2.32. The number of nitro benzene ring substituents is 1. The van der Waals surface area contributed by atoms with Crippen molar-refractivity contribution in [1.29, 1.82) is 0 Å². The number of carbonyl (C=O) groups is 1. The largest absolute Gasteiger partial charge is 0.478 e. The number of carboxylic acids is 1. The Bertz CT molecular complexity index is 578. The highest BCUT2D eigenvalue weighted by Crippen LogP contribution is 2.32. The molecule has 7 heteroatoms. The van der Waals surface area contributed by atoms with Crippen LogP contribution in [0, 0.1) is 10.1 Å². The monoisotopic (exact) mass is 291 g/mol. The van der Waals surface area contributed by atoms with Crippen LogP contribution >= 0.6 is 0 Å². The minimum Gasteiger partial charge on any atom is -0.478 e. The van der Waals surface area contributed by atoms with E-state index >= 15 is 0 Å². The maximum Gasteiger partial charge on any atom is 0.335 e. The molecule has 1 aliphatic carbocycles. The third kappa shape index (κ3) is 2.82. The van der Waals surface area contributed by atoms with Crippen molar-refractivity contribution in [2.24, 2.45) is 0 Å². The number of carboxylic acid groups (broad SMARTS) is 1. The second kappa shape index (κ2) is 5.33. The lowest BCUT2D eigenvalue weighted by atomic mass is 10.1. The van der Waals surface area contributed by atoms with Gasteiger partial charge in [-0.3, -0.25) is 15.0 Å². The Morgan fingerprint density at radius 2 is 1.90 bits per heavy atom. The van der Waals surface area contributed by atoms with E-state index in [0.717, 1.165) is 13.1 Å². The number of aromatic carboxylic acids is 1. The summed E-state index contributed by atoms with van der Waals surface area (Å²) in [5.74, 6) is -1.07. The first-order chi connectivity index (χ1) is 10.1. The van der Waals surface area contributed by atoms with Gasteiger partial charge in [0.05, 0.1) is 10.5 Å². The van der Waals surface area contributed by atoms with Crippen LogP contribution in [0.5, 0.6) is 0 Å². The Balaban J connectivity index is 1.83. The molecule has 3 rings (SSSR count). The van der Waals surface area contributed by atoms with Crippen molar-refractivity contribution in [2.45, 2.75) is 18.9 Å². The van der Waals surface area contributed by atoms with Crippen molar-refractivity contribution in [3.8, 4) is 0 Å². The molecule has 1 heterocycles. The number of benzene rings is 1. The quantitative estimate of drug-likeness (QED) is 0.669. The Labute approximate surface area is 121 Å². The molecular weight excluding hydrogens is 274 g/mol. The molecular formula is C14H17N3O4. The first-order valence-electron chi connectivity index (χ1n) is 7.07. The molecule has 112 valence electrons. The number of nitro groups is 1. The zero-order chi connectivity index (χ0) is 15.0. The van der Waals surface area contributed by atoms with Crippen LogP contribution in [0.1, 0.15) is 23.2 Å². The molecule has 0 amide bonds. The molecule has 1 N–H and O–H groups in total. The Kier molecular flexibility index (Phi) is 3.50. The fourth-order valence-electron chi connectivity index (χ4n) is 2.83. The number of nitrogens with zero attached hydrogens (tertiary/aromatic N) is 3. The third-order valence-electron chi connectivity index (χ3n) is 4.14. The summed E-state index contributed by atoms with van der Waals surface area (Å²) in [6.45, 7) is 3.14. The van der Waals surface area contributed by atoms with Gasteiger partial charge in [-0.05, 0) is 25.0 Å². The molecule has 1 aliphatic heterocycles. The van der Waals surface area contributed by atoms with Gasteiger partial charge < -0.3 is 10.0 Å². The number of rotatable bonds is 4. The summed E-state index contributed by atoms with van der Waals surface area (Å²) in [6.07, 6.45) is 2.49. The Hall–Kier alpha value is -2.15. The first-order valence-corrected chi connectivity index (χ1v) is 7.07. The molecule has 1 aromatic carbocycles. The van der Waals surface area contributed by atoms with Gasteiger partial charge in [0.1, 0.15) is 5.69 Å². The molecule has 1 aromatic rings. The summed E-state index contributed by atoms with van der Waals surface area (Å²) < 4.78 is 0. The summed E-state index contributed by atoms with van der Waals surface area (Å²) in [5, 5.41) is 20.2. The van der Waals surface area contributed by atoms with E-state index in [1.54, 1.807) is 0 Å².